The molecule has 0 aliphatic heterocycles. The molecule has 2 aromatic carbocycles. The Morgan fingerprint density at radius 3 is 1.67 bits per heavy atom. The smallest absolute Gasteiger partial charge is 0.148 e. The van der Waals surface area contributed by atoms with Crippen molar-refractivity contribution in [2.45, 2.75) is 11.5 Å². The Morgan fingerprint density at radius 1 is 0.857 bits per heavy atom. The largest absolute Gasteiger partial charge is 0.349 e. The van der Waals surface area contributed by atoms with Gasteiger partial charge in [0.1, 0.15) is 6.49 Å². The first-order chi connectivity index (χ1) is 10.1. The standard InChI is InChI=1S/C17H21O2PS/c1-2-13-20(18,19)21(14-16-9-5-3-6-10-16)15-17-11-7-4-8-12-17/h2-12,18-19H,1,13-15H2. The Labute approximate surface area is 128 Å². The van der Waals surface area contributed by atoms with Crippen LogP contribution in [-0.2, 0) is 21.6 Å². The summed E-state index contributed by atoms with van der Waals surface area (Å²) in [7, 11) is -0.486. The molecule has 2 nitrogen and oxygen atoms in total. The van der Waals surface area contributed by atoms with Gasteiger partial charge in [-0.3, -0.25) is 0 Å². The summed E-state index contributed by atoms with van der Waals surface area (Å²) in [6.07, 6.45) is 1.90. The van der Waals surface area contributed by atoms with Crippen LogP contribution in [0.2, 0.25) is 0 Å². The van der Waals surface area contributed by atoms with Gasteiger partial charge in [0, 0.05) is 17.7 Å². The highest BCUT2D eigenvalue weighted by atomic mass is 32.5. The van der Waals surface area contributed by atoms with Gasteiger partial charge in [0.25, 0.3) is 0 Å². The van der Waals surface area contributed by atoms with E-state index in [1.165, 1.54) is 0 Å². The summed E-state index contributed by atoms with van der Waals surface area (Å²) in [5.41, 5.74) is 2.29. The van der Waals surface area contributed by atoms with E-state index in [4.69, 9.17) is 0 Å². The molecule has 0 fully saturated rings. The normalized spacial score (nSPS) is 11.6. The molecule has 0 aliphatic rings. The van der Waals surface area contributed by atoms with Crippen molar-refractivity contribution < 1.29 is 9.79 Å². The van der Waals surface area contributed by atoms with Gasteiger partial charge < -0.3 is 9.79 Å². The van der Waals surface area contributed by atoms with E-state index in [-0.39, 0.29) is 6.16 Å². The lowest BCUT2D eigenvalue weighted by atomic mass is 10.2. The first-order valence-corrected chi connectivity index (χ1v) is 10.9. The quantitative estimate of drug-likeness (QED) is 0.625. The fourth-order valence-electron chi connectivity index (χ4n) is 2.06. The minimum absolute atomic E-state index is 0.287. The van der Waals surface area contributed by atoms with Crippen LogP contribution in [0.5, 0.6) is 0 Å². The maximum Gasteiger partial charge on any atom is 0.148 e. The summed E-state index contributed by atoms with van der Waals surface area (Å²) in [5.74, 6) is 1.40. The molecule has 2 rings (SSSR count). The second-order valence-electron chi connectivity index (χ2n) is 4.86. The molecule has 0 saturated heterocycles. The molecule has 0 aliphatic carbocycles. The molecule has 0 radical (unpaired) electrons. The van der Waals surface area contributed by atoms with Crippen molar-refractivity contribution in [1.82, 2.24) is 0 Å². The number of benzene rings is 2. The van der Waals surface area contributed by atoms with Crippen molar-refractivity contribution in [2.75, 3.05) is 6.16 Å². The average Bonchev–Trinajstić information content (AvgIpc) is 2.49. The summed E-state index contributed by atoms with van der Waals surface area (Å²) in [6, 6.07) is 20.1. The lowest BCUT2D eigenvalue weighted by Gasteiger charge is -2.20. The van der Waals surface area contributed by atoms with Crippen LogP contribution in [0.25, 0.3) is 0 Å². The SMILES string of the molecule is C=CCP(O)(O)=S(Cc1ccccc1)Cc1ccccc1. The Morgan fingerprint density at radius 2 is 1.29 bits per heavy atom. The van der Waals surface area contributed by atoms with Crippen LogP contribution in [0.15, 0.2) is 73.3 Å². The summed E-state index contributed by atoms with van der Waals surface area (Å²) in [5, 5.41) is 0. The Bertz CT molecular complexity index is 589. The monoisotopic (exact) mass is 320 g/mol. The zero-order chi connectivity index (χ0) is 15.1. The predicted octanol–water partition coefficient (Wildman–Crippen LogP) is 3.94. The fraction of sp³-hybridized carbons (Fsp3) is 0.176. The van der Waals surface area contributed by atoms with Crippen LogP contribution in [0.1, 0.15) is 11.1 Å². The Balaban J connectivity index is 2.33. The third kappa shape index (κ3) is 4.98. The van der Waals surface area contributed by atoms with E-state index >= 15 is 0 Å². The van der Waals surface area contributed by atoms with Gasteiger partial charge in [-0.1, -0.05) is 66.7 Å². The molecule has 4 heteroatoms. The van der Waals surface area contributed by atoms with E-state index in [0.29, 0.717) is 11.5 Å². The molecule has 2 N–H and O–H groups in total. The molecule has 21 heavy (non-hydrogen) atoms. The number of hydrogen-bond donors (Lipinski definition) is 2. The van der Waals surface area contributed by atoms with Crippen LogP contribution in [0.3, 0.4) is 0 Å². The van der Waals surface area contributed by atoms with Crippen LogP contribution in [0, 0.1) is 0 Å². The highest BCUT2D eigenvalue weighted by Crippen LogP contribution is 2.44. The first kappa shape index (κ1) is 16.3. The highest BCUT2D eigenvalue weighted by Gasteiger charge is 2.15. The van der Waals surface area contributed by atoms with E-state index < -0.39 is 16.6 Å². The third-order valence-electron chi connectivity index (χ3n) is 3.13. The van der Waals surface area contributed by atoms with Gasteiger partial charge in [-0.25, -0.2) is 0 Å². The zero-order valence-electron chi connectivity index (χ0n) is 11.9. The summed E-state index contributed by atoms with van der Waals surface area (Å²) < 4.78 is 0. The van der Waals surface area contributed by atoms with Crippen molar-refractivity contribution in [3.63, 3.8) is 0 Å². The zero-order valence-corrected chi connectivity index (χ0v) is 13.6. The third-order valence-corrected chi connectivity index (χ3v) is 9.73. The molecule has 0 bridgehead atoms. The molecule has 0 unspecified atom stereocenters. The summed E-state index contributed by atoms with van der Waals surface area (Å²) >= 11 is 0. The van der Waals surface area contributed by atoms with Gasteiger partial charge in [-0.05, 0) is 11.1 Å². The number of allylic oxidation sites excluding steroid dienone is 1. The lowest BCUT2D eigenvalue weighted by molar-refractivity contribution is 0.482. The lowest BCUT2D eigenvalue weighted by Crippen LogP contribution is -2.04. The molecule has 0 spiro atoms. The van der Waals surface area contributed by atoms with Gasteiger partial charge in [0.15, 0.2) is 0 Å². The van der Waals surface area contributed by atoms with Crippen LogP contribution >= 0.6 is 6.49 Å². The molecule has 0 aromatic heterocycles. The van der Waals surface area contributed by atoms with Crippen molar-refractivity contribution in [2.24, 2.45) is 0 Å². The van der Waals surface area contributed by atoms with Gasteiger partial charge in [0.2, 0.25) is 0 Å². The molecule has 2 aromatic rings. The summed E-state index contributed by atoms with van der Waals surface area (Å²) in [6.45, 7) is 0.681. The van der Waals surface area contributed by atoms with Crippen LogP contribution in [-0.4, -0.2) is 15.9 Å². The molecular weight excluding hydrogens is 299 g/mol. The maximum atomic E-state index is 10.5. The molecule has 112 valence electrons. The van der Waals surface area contributed by atoms with Crippen LogP contribution < -0.4 is 0 Å². The molecule has 0 atom stereocenters. The van der Waals surface area contributed by atoms with Gasteiger partial charge in [0.05, 0.1) is 0 Å². The van der Waals surface area contributed by atoms with E-state index in [1.807, 2.05) is 60.7 Å². The molecule has 0 heterocycles. The second kappa shape index (κ2) is 7.77. The topological polar surface area (TPSA) is 40.5 Å². The summed E-state index contributed by atoms with van der Waals surface area (Å²) in [4.78, 5) is 21.0. The number of rotatable bonds is 6. The van der Waals surface area contributed by atoms with Crippen molar-refractivity contribution in [1.29, 1.82) is 0 Å². The minimum atomic E-state index is -2.97. The Kier molecular flexibility index (Phi) is 6.01. The van der Waals surface area contributed by atoms with Crippen molar-refractivity contribution in [3.8, 4) is 0 Å². The van der Waals surface area contributed by atoms with Crippen LogP contribution in [0.4, 0.5) is 0 Å². The predicted molar refractivity (Wildman–Crippen MR) is 94.1 cm³/mol. The van der Waals surface area contributed by atoms with E-state index in [0.717, 1.165) is 11.1 Å². The fourth-order valence-corrected chi connectivity index (χ4v) is 7.37. The molecule has 0 amide bonds. The van der Waals surface area contributed by atoms with E-state index in [1.54, 1.807) is 6.08 Å². The second-order valence-corrected chi connectivity index (χ2v) is 11.4. The Hall–Kier alpha value is -1.12. The van der Waals surface area contributed by atoms with Crippen molar-refractivity contribution >= 4 is 16.6 Å². The van der Waals surface area contributed by atoms with Crippen molar-refractivity contribution in [3.05, 3.63) is 84.4 Å². The minimum Gasteiger partial charge on any atom is -0.349 e. The van der Waals surface area contributed by atoms with E-state index in [9.17, 15) is 9.79 Å². The molecule has 0 saturated carbocycles. The maximum absolute atomic E-state index is 10.5. The first-order valence-electron chi connectivity index (χ1n) is 6.82. The molecular formula is C17H21O2PS. The van der Waals surface area contributed by atoms with Gasteiger partial charge in [-0.15, -0.1) is 16.7 Å². The van der Waals surface area contributed by atoms with E-state index in [2.05, 4.69) is 6.58 Å². The average molecular weight is 320 g/mol. The highest BCUT2D eigenvalue weighted by molar-refractivity contribution is 8.28. The van der Waals surface area contributed by atoms with Gasteiger partial charge in [-0.2, -0.15) is 0 Å². The van der Waals surface area contributed by atoms with Gasteiger partial charge >= 0.3 is 0 Å². The number of hydrogen-bond acceptors (Lipinski definition) is 0.